The molecule has 0 bridgehead atoms. The topological polar surface area (TPSA) is 102 Å². The van der Waals surface area contributed by atoms with Crippen LogP contribution in [0.4, 0.5) is 10.5 Å². The highest BCUT2D eigenvalue weighted by molar-refractivity contribution is 7.28. The molecule has 0 spiro atoms. The lowest BCUT2D eigenvalue weighted by Crippen LogP contribution is -2.17. The fourth-order valence-corrected chi connectivity index (χ4v) is 6.44. The van der Waals surface area contributed by atoms with Crippen molar-refractivity contribution in [1.29, 1.82) is 0 Å². The van der Waals surface area contributed by atoms with E-state index in [1.807, 2.05) is 42.5 Å². The van der Waals surface area contributed by atoms with Crippen molar-refractivity contribution in [3.8, 4) is 11.8 Å². The Morgan fingerprint density at radius 3 is 2.60 bits per heavy atom. The second-order valence-corrected chi connectivity index (χ2v) is 11.0. The van der Waals surface area contributed by atoms with E-state index < -0.39 is 17.5 Å². The molecule has 2 saturated carbocycles. The number of rotatable bonds is 6. The van der Waals surface area contributed by atoms with Gasteiger partial charge in [-0.2, -0.15) is 0 Å². The molecule has 3 aromatic heterocycles. The molecule has 1 aromatic carbocycles. The van der Waals surface area contributed by atoms with Gasteiger partial charge in [0.1, 0.15) is 23.4 Å². The van der Waals surface area contributed by atoms with E-state index in [9.17, 15) is 14.7 Å². The van der Waals surface area contributed by atoms with Crippen LogP contribution in [0, 0.1) is 11.8 Å². The van der Waals surface area contributed by atoms with Crippen molar-refractivity contribution >= 4 is 49.8 Å². The Kier molecular flexibility index (Phi) is 5.35. The molecule has 0 radical (unpaired) electrons. The number of ether oxygens (including phenoxy) is 1. The SMILES string of the molecule is O=C(Nc1c(C2CC2)noc1C#Cc1cc2sc(C3(C(=O)O)CC3)cc2s1)OCc1ccccc1. The molecule has 2 fully saturated rings. The number of amides is 1. The van der Waals surface area contributed by atoms with Gasteiger partial charge in [-0.05, 0) is 55.2 Å². The lowest BCUT2D eigenvalue weighted by molar-refractivity contribution is -0.139. The van der Waals surface area contributed by atoms with Crippen molar-refractivity contribution in [2.45, 2.75) is 43.6 Å². The third-order valence-electron chi connectivity index (χ3n) is 6.26. The normalized spacial score (nSPS) is 15.9. The first-order valence-corrected chi connectivity index (χ1v) is 12.9. The zero-order valence-corrected chi connectivity index (χ0v) is 20.1. The number of hydrogen-bond donors (Lipinski definition) is 2. The highest BCUT2D eigenvalue weighted by Gasteiger charge is 2.53. The number of carbonyl (C=O) groups is 2. The summed E-state index contributed by atoms with van der Waals surface area (Å²) in [7, 11) is 0. The smallest absolute Gasteiger partial charge is 0.412 e. The quantitative estimate of drug-likeness (QED) is 0.308. The van der Waals surface area contributed by atoms with Gasteiger partial charge in [-0.15, -0.1) is 22.7 Å². The molecule has 0 unspecified atom stereocenters. The Hall–Kier alpha value is -3.61. The van der Waals surface area contributed by atoms with E-state index in [4.69, 9.17) is 9.26 Å². The summed E-state index contributed by atoms with van der Waals surface area (Å²) in [5.74, 6) is 5.93. The van der Waals surface area contributed by atoms with Gasteiger partial charge in [0.15, 0.2) is 0 Å². The molecule has 6 rings (SSSR count). The van der Waals surface area contributed by atoms with Crippen molar-refractivity contribution in [3.05, 3.63) is 69.2 Å². The van der Waals surface area contributed by atoms with Gasteiger partial charge in [0, 0.05) is 20.2 Å². The summed E-state index contributed by atoms with van der Waals surface area (Å²) in [6, 6.07) is 13.4. The largest absolute Gasteiger partial charge is 0.481 e. The molecule has 0 aliphatic heterocycles. The van der Waals surface area contributed by atoms with Gasteiger partial charge < -0.3 is 14.4 Å². The minimum Gasteiger partial charge on any atom is -0.481 e. The van der Waals surface area contributed by atoms with Crippen LogP contribution in [0.1, 0.15) is 58.4 Å². The molecule has 4 aromatic rings. The lowest BCUT2D eigenvalue weighted by atomic mass is 10.1. The minimum atomic E-state index is -0.745. The van der Waals surface area contributed by atoms with Crippen molar-refractivity contribution in [3.63, 3.8) is 0 Å². The zero-order chi connectivity index (χ0) is 24.0. The average Bonchev–Trinajstić information content (AvgIpc) is 3.75. The maximum atomic E-state index is 12.5. The van der Waals surface area contributed by atoms with Gasteiger partial charge in [-0.1, -0.05) is 35.5 Å². The fourth-order valence-electron chi connectivity index (χ4n) is 3.95. The summed E-state index contributed by atoms with van der Waals surface area (Å²) in [6.07, 6.45) is 2.80. The van der Waals surface area contributed by atoms with Gasteiger partial charge in [0.05, 0.1) is 4.88 Å². The van der Waals surface area contributed by atoms with Crippen LogP contribution in [-0.2, 0) is 21.6 Å². The highest BCUT2D eigenvalue weighted by atomic mass is 32.1. The number of benzene rings is 1. The van der Waals surface area contributed by atoms with Crippen LogP contribution in [0.3, 0.4) is 0 Å². The Morgan fingerprint density at radius 2 is 1.91 bits per heavy atom. The fraction of sp³-hybridized carbons (Fsp3) is 0.269. The third kappa shape index (κ3) is 4.31. The molecule has 3 heterocycles. The number of anilines is 1. The van der Waals surface area contributed by atoms with E-state index in [0.717, 1.165) is 37.6 Å². The molecule has 2 N–H and O–H groups in total. The molecule has 0 atom stereocenters. The first kappa shape index (κ1) is 21.9. The number of aliphatic carboxylic acids is 1. The predicted octanol–water partition coefficient (Wildman–Crippen LogP) is 6.09. The number of carboxylic acids is 1. The molecule has 35 heavy (non-hydrogen) atoms. The van der Waals surface area contributed by atoms with Gasteiger partial charge in [0.25, 0.3) is 0 Å². The second kappa shape index (κ2) is 8.56. The number of nitrogens with zero attached hydrogens (tertiary/aromatic N) is 1. The zero-order valence-electron chi connectivity index (χ0n) is 18.5. The number of carbonyl (C=O) groups excluding carboxylic acids is 1. The Balaban J connectivity index is 1.20. The van der Waals surface area contributed by atoms with Crippen molar-refractivity contribution < 1.29 is 24.0 Å². The number of hydrogen-bond acceptors (Lipinski definition) is 7. The summed E-state index contributed by atoms with van der Waals surface area (Å²) in [6.45, 7) is 0.162. The summed E-state index contributed by atoms with van der Waals surface area (Å²) in [5, 5.41) is 16.5. The molecule has 0 saturated heterocycles. The van der Waals surface area contributed by atoms with Crippen LogP contribution in [0.15, 0.2) is 47.0 Å². The van der Waals surface area contributed by atoms with Crippen LogP contribution in [0.5, 0.6) is 0 Å². The summed E-state index contributed by atoms with van der Waals surface area (Å²) in [5.41, 5.74) is 1.37. The standard InChI is InChI=1S/C26H20N2O5S2/c29-24(30)26(10-11-26)21-13-20-19(35-21)12-17(34-20)8-9-18-23(22(28-33-18)16-6-7-16)27-25(31)32-14-15-4-2-1-3-5-15/h1-5,12-13,16H,6-7,10-11,14H2,(H,27,31)(H,29,30). The van der Waals surface area contributed by atoms with Crippen LogP contribution < -0.4 is 5.32 Å². The number of aromatic nitrogens is 1. The van der Waals surface area contributed by atoms with Crippen molar-refractivity contribution in [2.75, 3.05) is 5.32 Å². The molecule has 7 nitrogen and oxygen atoms in total. The molecular weight excluding hydrogens is 484 g/mol. The maximum Gasteiger partial charge on any atom is 0.412 e. The van der Waals surface area contributed by atoms with Crippen molar-refractivity contribution in [1.82, 2.24) is 5.16 Å². The van der Waals surface area contributed by atoms with E-state index >= 15 is 0 Å². The van der Waals surface area contributed by atoms with E-state index in [2.05, 4.69) is 22.3 Å². The second-order valence-electron chi connectivity index (χ2n) is 8.82. The highest BCUT2D eigenvalue weighted by Crippen LogP contribution is 2.52. The molecule has 176 valence electrons. The minimum absolute atomic E-state index is 0.162. The Bertz CT molecular complexity index is 1470. The molecule has 2 aliphatic rings. The molecule has 2 aliphatic carbocycles. The Labute approximate surface area is 208 Å². The maximum absolute atomic E-state index is 12.5. The molecule has 1 amide bonds. The average molecular weight is 505 g/mol. The monoisotopic (exact) mass is 504 g/mol. The third-order valence-corrected chi connectivity index (χ3v) is 8.67. The predicted molar refractivity (Wildman–Crippen MR) is 133 cm³/mol. The van der Waals surface area contributed by atoms with Crippen LogP contribution in [-0.4, -0.2) is 22.3 Å². The van der Waals surface area contributed by atoms with Gasteiger partial charge in [-0.3, -0.25) is 10.1 Å². The van der Waals surface area contributed by atoms with Gasteiger partial charge >= 0.3 is 12.1 Å². The van der Waals surface area contributed by atoms with E-state index in [-0.39, 0.29) is 12.5 Å². The van der Waals surface area contributed by atoms with Crippen LogP contribution in [0.2, 0.25) is 0 Å². The van der Waals surface area contributed by atoms with Crippen LogP contribution >= 0.6 is 22.7 Å². The van der Waals surface area contributed by atoms with Gasteiger partial charge in [-0.25, -0.2) is 4.79 Å². The Morgan fingerprint density at radius 1 is 1.14 bits per heavy atom. The summed E-state index contributed by atoms with van der Waals surface area (Å²) < 4.78 is 12.9. The first-order chi connectivity index (χ1) is 17.0. The number of nitrogens with one attached hydrogen (secondary N) is 1. The molecule has 9 heteroatoms. The molecular formula is C26H20N2O5S2. The number of carboxylic acid groups (broad SMARTS) is 1. The van der Waals surface area contributed by atoms with Gasteiger partial charge in [0.2, 0.25) is 5.76 Å². The summed E-state index contributed by atoms with van der Waals surface area (Å²) in [4.78, 5) is 25.8. The van der Waals surface area contributed by atoms with E-state index in [0.29, 0.717) is 30.0 Å². The summed E-state index contributed by atoms with van der Waals surface area (Å²) >= 11 is 3.04. The lowest BCUT2D eigenvalue weighted by Gasteiger charge is -2.06. The van der Waals surface area contributed by atoms with Crippen molar-refractivity contribution in [2.24, 2.45) is 0 Å². The van der Waals surface area contributed by atoms with Crippen LogP contribution in [0.25, 0.3) is 9.40 Å². The van der Waals surface area contributed by atoms with E-state index in [1.165, 1.54) is 22.7 Å². The first-order valence-electron chi connectivity index (χ1n) is 11.3. The number of thiophene rings is 2. The number of fused-ring (bicyclic) bond motifs is 1. The van der Waals surface area contributed by atoms with E-state index in [1.54, 1.807) is 0 Å².